The zero-order chi connectivity index (χ0) is 14.9. The fourth-order valence-corrected chi connectivity index (χ4v) is 3.51. The van der Waals surface area contributed by atoms with Gasteiger partial charge in [0.2, 0.25) is 5.91 Å². The fraction of sp³-hybridized carbons (Fsp3) is 0.733. The number of hydrogen-bond acceptors (Lipinski definition) is 3. The van der Waals surface area contributed by atoms with Crippen LogP contribution in [0, 0.1) is 29.6 Å². The number of carboxylic acids is 1. The monoisotopic (exact) mass is 281 g/mol. The maximum absolute atomic E-state index is 12.4. The van der Waals surface area contributed by atoms with E-state index in [1.807, 2.05) is 26.0 Å². The molecular weight excluding hydrogens is 258 g/mol. The molecule has 0 spiro atoms. The molecule has 0 aromatic carbocycles. The summed E-state index contributed by atoms with van der Waals surface area (Å²) in [6, 6.07) is -0.106. The van der Waals surface area contributed by atoms with E-state index in [4.69, 9.17) is 5.11 Å². The number of hydrogen-bond donors (Lipinski definition) is 3. The average Bonchev–Trinajstić information content (AvgIpc) is 2.97. The van der Waals surface area contributed by atoms with Crippen LogP contribution in [0.25, 0.3) is 0 Å². The number of carbonyl (C=O) groups is 2. The molecule has 2 aliphatic carbocycles. The zero-order valence-corrected chi connectivity index (χ0v) is 12.0. The van der Waals surface area contributed by atoms with Crippen LogP contribution in [-0.4, -0.2) is 34.7 Å². The summed E-state index contributed by atoms with van der Waals surface area (Å²) in [5, 5.41) is 21.3. The number of aliphatic hydroxyl groups excluding tert-OH is 1. The number of aliphatic carboxylic acids is 1. The van der Waals surface area contributed by atoms with Gasteiger partial charge in [-0.3, -0.25) is 9.59 Å². The Bertz CT molecular complexity index is 418. The molecule has 0 saturated heterocycles. The van der Waals surface area contributed by atoms with Crippen molar-refractivity contribution in [2.24, 2.45) is 29.6 Å². The Morgan fingerprint density at radius 2 is 1.85 bits per heavy atom. The Kier molecular flexibility index (Phi) is 4.48. The number of carbonyl (C=O) groups excluding carboxylic acids is 1. The Morgan fingerprint density at radius 1 is 1.25 bits per heavy atom. The van der Waals surface area contributed by atoms with Gasteiger partial charge in [0, 0.05) is 12.6 Å². The molecule has 2 bridgehead atoms. The van der Waals surface area contributed by atoms with Gasteiger partial charge in [0.1, 0.15) is 0 Å². The normalized spacial score (nSPS) is 32.6. The maximum Gasteiger partial charge on any atom is 0.307 e. The largest absolute Gasteiger partial charge is 0.481 e. The average molecular weight is 281 g/mol. The van der Waals surface area contributed by atoms with Gasteiger partial charge in [-0.1, -0.05) is 26.0 Å². The summed E-state index contributed by atoms with van der Waals surface area (Å²) >= 11 is 0. The van der Waals surface area contributed by atoms with E-state index in [1.54, 1.807) is 0 Å². The third kappa shape index (κ3) is 2.73. The minimum absolute atomic E-state index is 0.0106. The van der Waals surface area contributed by atoms with E-state index in [0.29, 0.717) is 6.42 Å². The molecule has 112 valence electrons. The molecule has 0 aromatic heterocycles. The number of amides is 1. The zero-order valence-electron chi connectivity index (χ0n) is 12.0. The highest BCUT2D eigenvalue weighted by molar-refractivity contribution is 5.87. The van der Waals surface area contributed by atoms with E-state index < -0.39 is 17.8 Å². The first-order chi connectivity index (χ1) is 9.45. The topological polar surface area (TPSA) is 86.6 Å². The molecule has 3 N–H and O–H groups in total. The molecule has 1 saturated carbocycles. The number of allylic oxidation sites excluding steroid dienone is 2. The summed E-state index contributed by atoms with van der Waals surface area (Å²) in [5.74, 6) is -1.89. The molecular formula is C15H23NO4. The van der Waals surface area contributed by atoms with Crippen molar-refractivity contribution in [3.63, 3.8) is 0 Å². The van der Waals surface area contributed by atoms with Gasteiger partial charge in [-0.05, 0) is 30.6 Å². The molecule has 0 aromatic rings. The summed E-state index contributed by atoms with van der Waals surface area (Å²) in [5.41, 5.74) is 0. The van der Waals surface area contributed by atoms with Crippen LogP contribution < -0.4 is 5.32 Å². The summed E-state index contributed by atoms with van der Waals surface area (Å²) < 4.78 is 0. The molecule has 5 unspecified atom stereocenters. The highest BCUT2D eigenvalue weighted by Gasteiger charge is 2.51. The summed E-state index contributed by atoms with van der Waals surface area (Å²) in [6.45, 7) is 3.98. The molecule has 0 heterocycles. The molecule has 1 amide bonds. The standard InChI is InChI=1S/C15H23NO4/c1-8(2)11(5-6-17)16-14(18)12-9-3-4-10(7-9)13(12)15(19)20/h3-4,8-13,17H,5-7H2,1-2H3,(H,16,18)(H,19,20). The van der Waals surface area contributed by atoms with Crippen molar-refractivity contribution in [2.45, 2.75) is 32.7 Å². The second kappa shape index (κ2) is 5.95. The predicted molar refractivity (Wildman–Crippen MR) is 73.8 cm³/mol. The first-order valence-electron chi connectivity index (χ1n) is 7.28. The number of carboxylic acid groups (broad SMARTS) is 1. The lowest BCUT2D eigenvalue weighted by Gasteiger charge is -2.28. The molecule has 5 nitrogen and oxygen atoms in total. The van der Waals surface area contributed by atoms with Crippen molar-refractivity contribution in [2.75, 3.05) is 6.61 Å². The van der Waals surface area contributed by atoms with Crippen molar-refractivity contribution in [3.8, 4) is 0 Å². The van der Waals surface area contributed by atoms with Crippen LogP contribution in [-0.2, 0) is 9.59 Å². The third-order valence-electron chi connectivity index (χ3n) is 4.62. The Hall–Kier alpha value is -1.36. The number of fused-ring (bicyclic) bond motifs is 2. The van der Waals surface area contributed by atoms with E-state index in [0.717, 1.165) is 6.42 Å². The fourth-order valence-electron chi connectivity index (χ4n) is 3.51. The van der Waals surface area contributed by atoms with Crippen molar-refractivity contribution in [3.05, 3.63) is 12.2 Å². The van der Waals surface area contributed by atoms with Crippen molar-refractivity contribution in [1.29, 1.82) is 0 Å². The molecule has 0 aliphatic heterocycles. The van der Waals surface area contributed by atoms with Crippen LogP contribution >= 0.6 is 0 Å². The quantitative estimate of drug-likeness (QED) is 0.635. The molecule has 20 heavy (non-hydrogen) atoms. The highest BCUT2D eigenvalue weighted by Crippen LogP contribution is 2.48. The molecule has 2 aliphatic rings. The second-order valence-electron chi connectivity index (χ2n) is 6.21. The highest BCUT2D eigenvalue weighted by atomic mass is 16.4. The lowest BCUT2D eigenvalue weighted by atomic mass is 9.82. The molecule has 1 fully saturated rings. The summed E-state index contributed by atoms with van der Waals surface area (Å²) in [6.07, 6.45) is 5.17. The number of aliphatic hydroxyl groups is 1. The third-order valence-corrected chi connectivity index (χ3v) is 4.62. The summed E-state index contributed by atoms with van der Waals surface area (Å²) in [4.78, 5) is 23.8. The Balaban J connectivity index is 2.08. The van der Waals surface area contributed by atoms with E-state index >= 15 is 0 Å². The lowest BCUT2D eigenvalue weighted by Crippen LogP contribution is -2.46. The van der Waals surface area contributed by atoms with Crippen molar-refractivity contribution < 1.29 is 19.8 Å². The maximum atomic E-state index is 12.4. The lowest BCUT2D eigenvalue weighted by molar-refractivity contribution is -0.148. The van der Waals surface area contributed by atoms with Gasteiger partial charge < -0.3 is 15.5 Å². The first-order valence-corrected chi connectivity index (χ1v) is 7.28. The van der Waals surface area contributed by atoms with Crippen LogP contribution in [0.1, 0.15) is 26.7 Å². The smallest absolute Gasteiger partial charge is 0.307 e. The predicted octanol–water partition coefficient (Wildman–Crippen LogP) is 1.03. The molecule has 5 heteroatoms. The van der Waals surface area contributed by atoms with Crippen molar-refractivity contribution >= 4 is 11.9 Å². The Morgan fingerprint density at radius 3 is 2.35 bits per heavy atom. The van der Waals surface area contributed by atoms with E-state index in [-0.39, 0.29) is 36.3 Å². The van der Waals surface area contributed by atoms with Gasteiger partial charge in [-0.2, -0.15) is 0 Å². The first kappa shape index (κ1) is 15.0. The molecule has 5 atom stereocenters. The van der Waals surface area contributed by atoms with Gasteiger partial charge >= 0.3 is 5.97 Å². The molecule has 0 radical (unpaired) electrons. The van der Waals surface area contributed by atoms with Crippen LogP contribution in [0.15, 0.2) is 12.2 Å². The van der Waals surface area contributed by atoms with Crippen LogP contribution in [0.4, 0.5) is 0 Å². The van der Waals surface area contributed by atoms with Crippen LogP contribution in [0.3, 0.4) is 0 Å². The van der Waals surface area contributed by atoms with E-state index in [2.05, 4.69) is 5.32 Å². The second-order valence-corrected chi connectivity index (χ2v) is 6.21. The number of rotatable bonds is 6. The SMILES string of the molecule is CC(C)C(CCO)NC(=O)C1C2C=CC(C2)C1C(=O)O. The number of nitrogens with one attached hydrogen (secondary N) is 1. The van der Waals surface area contributed by atoms with Gasteiger partial charge in [0.15, 0.2) is 0 Å². The molecule has 2 rings (SSSR count). The van der Waals surface area contributed by atoms with Gasteiger partial charge in [-0.15, -0.1) is 0 Å². The van der Waals surface area contributed by atoms with Crippen LogP contribution in [0.2, 0.25) is 0 Å². The van der Waals surface area contributed by atoms with Crippen LogP contribution in [0.5, 0.6) is 0 Å². The minimum atomic E-state index is -0.884. The van der Waals surface area contributed by atoms with E-state index in [9.17, 15) is 14.7 Å². The van der Waals surface area contributed by atoms with E-state index in [1.165, 1.54) is 0 Å². The van der Waals surface area contributed by atoms with Gasteiger partial charge in [-0.25, -0.2) is 0 Å². The van der Waals surface area contributed by atoms with Gasteiger partial charge in [0.25, 0.3) is 0 Å². The van der Waals surface area contributed by atoms with Crippen molar-refractivity contribution in [1.82, 2.24) is 5.32 Å². The minimum Gasteiger partial charge on any atom is -0.481 e. The summed E-state index contributed by atoms with van der Waals surface area (Å²) in [7, 11) is 0. The Labute approximate surface area is 119 Å². The van der Waals surface area contributed by atoms with Gasteiger partial charge in [0.05, 0.1) is 11.8 Å².